The number of hydrogen-bond acceptors (Lipinski definition) is 3. The number of benzene rings is 1. The average Bonchev–Trinajstić information content (AvgIpc) is 3.44. The molecule has 0 radical (unpaired) electrons. The Kier molecular flexibility index (Phi) is 5.41. The number of nitrogens with zero attached hydrogens (tertiary/aromatic N) is 4. The van der Waals surface area contributed by atoms with E-state index in [4.69, 9.17) is 4.74 Å². The van der Waals surface area contributed by atoms with E-state index in [0.717, 1.165) is 30.4 Å². The summed E-state index contributed by atoms with van der Waals surface area (Å²) in [6, 6.07) is 12.2. The molecule has 27 heavy (non-hydrogen) atoms. The first-order valence-electron chi connectivity index (χ1n) is 9.53. The van der Waals surface area contributed by atoms with Crippen LogP contribution in [0.3, 0.4) is 0 Å². The predicted molar refractivity (Wildman–Crippen MR) is 116 cm³/mol. The van der Waals surface area contributed by atoms with Gasteiger partial charge in [-0.3, -0.25) is 4.99 Å². The summed E-state index contributed by atoms with van der Waals surface area (Å²) in [5.74, 6) is 2.35. The van der Waals surface area contributed by atoms with Crippen molar-refractivity contribution in [1.29, 1.82) is 0 Å². The molecule has 5 rings (SSSR count). The van der Waals surface area contributed by atoms with Gasteiger partial charge in [0.1, 0.15) is 0 Å². The lowest BCUT2D eigenvalue weighted by atomic mass is 9.82. The molecule has 1 aromatic heterocycles. The molecule has 1 N–H and O–H groups in total. The number of hydrogen-bond donors (Lipinski definition) is 1. The van der Waals surface area contributed by atoms with Crippen LogP contribution in [0.25, 0.3) is 5.69 Å². The molecule has 2 bridgehead atoms. The normalized spacial score (nSPS) is 28.9. The number of ether oxygens (including phenoxy) is 1. The zero-order chi connectivity index (χ0) is 17.5. The average molecular weight is 479 g/mol. The summed E-state index contributed by atoms with van der Waals surface area (Å²) in [6.45, 7) is 2.80. The van der Waals surface area contributed by atoms with E-state index in [1.807, 2.05) is 36.1 Å². The van der Waals surface area contributed by atoms with Gasteiger partial charge in [-0.15, -0.1) is 24.0 Å². The Labute approximate surface area is 177 Å². The molecule has 7 heteroatoms. The molecule has 0 amide bonds. The van der Waals surface area contributed by atoms with E-state index in [-0.39, 0.29) is 24.0 Å². The number of nitrogens with one attached hydrogen (secondary N) is 1. The van der Waals surface area contributed by atoms with Crippen LogP contribution in [-0.4, -0.2) is 53.0 Å². The van der Waals surface area contributed by atoms with Crippen molar-refractivity contribution in [2.75, 3.05) is 20.1 Å². The Morgan fingerprint density at radius 3 is 2.52 bits per heavy atom. The highest BCUT2D eigenvalue weighted by molar-refractivity contribution is 14.0. The topological polar surface area (TPSA) is 54.7 Å². The molecule has 0 spiro atoms. The van der Waals surface area contributed by atoms with E-state index in [1.165, 1.54) is 12.8 Å². The summed E-state index contributed by atoms with van der Waals surface area (Å²) in [5.41, 5.74) is 2.09. The molecule has 6 nitrogen and oxygen atoms in total. The smallest absolute Gasteiger partial charge is 0.193 e. The SMILES string of the molecule is CN=C(NCc1ccn(-c2ccccc2)n1)N1CC2C3CCC(O3)C2C1.I. The van der Waals surface area contributed by atoms with Crippen LogP contribution in [0.2, 0.25) is 0 Å². The molecule has 144 valence electrons. The molecule has 0 aliphatic carbocycles. The van der Waals surface area contributed by atoms with Crippen molar-refractivity contribution in [3.8, 4) is 5.69 Å². The van der Waals surface area contributed by atoms with Crippen LogP contribution in [0.1, 0.15) is 18.5 Å². The summed E-state index contributed by atoms with van der Waals surface area (Å²) in [4.78, 5) is 6.90. The highest BCUT2D eigenvalue weighted by Crippen LogP contribution is 2.47. The maximum atomic E-state index is 6.08. The number of halogens is 1. The molecule has 3 aliphatic rings. The Balaban J connectivity index is 0.00000180. The first-order valence-corrected chi connectivity index (χ1v) is 9.53. The first kappa shape index (κ1) is 18.7. The minimum Gasteiger partial charge on any atom is -0.374 e. The van der Waals surface area contributed by atoms with Crippen molar-refractivity contribution < 1.29 is 4.74 Å². The fraction of sp³-hybridized carbons (Fsp3) is 0.500. The van der Waals surface area contributed by atoms with Crippen molar-refractivity contribution in [2.45, 2.75) is 31.6 Å². The number of likely N-dealkylation sites (tertiary alicyclic amines) is 1. The fourth-order valence-corrected chi connectivity index (χ4v) is 4.82. The summed E-state index contributed by atoms with van der Waals surface area (Å²) < 4.78 is 7.99. The first-order chi connectivity index (χ1) is 12.8. The maximum absolute atomic E-state index is 6.08. The molecule has 3 saturated heterocycles. The van der Waals surface area contributed by atoms with Crippen LogP contribution in [0.15, 0.2) is 47.6 Å². The molecule has 4 atom stereocenters. The number of para-hydroxylation sites is 1. The quantitative estimate of drug-likeness (QED) is 0.418. The molecular formula is C20H26IN5O. The zero-order valence-corrected chi connectivity index (χ0v) is 17.8. The van der Waals surface area contributed by atoms with Gasteiger partial charge in [-0.25, -0.2) is 4.68 Å². The van der Waals surface area contributed by atoms with Gasteiger partial charge in [0.2, 0.25) is 0 Å². The molecule has 3 fully saturated rings. The summed E-state index contributed by atoms with van der Waals surface area (Å²) >= 11 is 0. The van der Waals surface area contributed by atoms with Crippen LogP contribution < -0.4 is 5.32 Å². The second-order valence-electron chi connectivity index (χ2n) is 7.51. The number of guanidine groups is 1. The van der Waals surface area contributed by atoms with Gasteiger partial charge in [0, 0.05) is 38.2 Å². The molecule has 0 saturated carbocycles. The molecule has 4 heterocycles. The number of fused-ring (bicyclic) bond motifs is 5. The van der Waals surface area contributed by atoms with E-state index in [1.54, 1.807) is 0 Å². The van der Waals surface area contributed by atoms with Gasteiger partial charge >= 0.3 is 0 Å². The summed E-state index contributed by atoms with van der Waals surface area (Å²) in [5, 5.41) is 8.16. The third kappa shape index (κ3) is 3.47. The van der Waals surface area contributed by atoms with Gasteiger partial charge in [0.05, 0.1) is 30.1 Å². The Morgan fingerprint density at radius 2 is 1.85 bits per heavy atom. The molecule has 2 aromatic rings. The highest BCUT2D eigenvalue weighted by Gasteiger charge is 2.53. The Bertz CT molecular complexity index is 790. The second-order valence-corrected chi connectivity index (χ2v) is 7.51. The minimum atomic E-state index is 0. The third-order valence-electron chi connectivity index (χ3n) is 6.06. The van der Waals surface area contributed by atoms with Gasteiger partial charge in [-0.05, 0) is 31.0 Å². The van der Waals surface area contributed by atoms with Crippen LogP contribution >= 0.6 is 24.0 Å². The lowest BCUT2D eigenvalue weighted by molar-refractivity contribution is 0.0767. The molecule has 3 aliphatic heterocycles. The maximum Gasteiger partial charge on any atom is 0.193 e. The predicted octanol–water partition coefficient (Wildman–Crippen LogP) is 2.67. The third-order valence-corrected chi connectivity index (χ3v) is 6.06. The van der Waals surface area contributed by atoms with Gasteiger partial charge < -0.3 is 15.0 Å². The van der Waals surface area contributed by atoms with Crippen molar-refractivity contribution in [2.24, 2.45) is 16.8 Å². The standard InChI is InChI=1S/C20H25N5O.HI/c1-21-20(24-12-16-17(13-24)19-8-7-18(16)26-19)22-11-14-9-10-25(23-14)15-5-3-2-4-6-15;/h2-6,9-10,16-19H,7-8,11-13H2,1H3,(H,21,22);1H. The van der Waals surface area contributed by atoms with Crippen LogP contribution in [-0.2, 0) is 11.3 Å². The van der Waals surface area contributed by atoms with Crippen LogP contribution in [0, 0.1) is 11.8 Å². The van der Waals surface area contributed by atoms with Crippen molar-refractivity contribution >= 4 is 29.9 Å². The Morgan fingerprint density at radius 1 is 1.15 bits per heavy atom. The monoisotopic (exact) mass is 479 g/mol. The van der Waals surface area contributed by atoms with Gasteiger partial charge in [-0.2, -0.15) is 5.10 Å². The van der Waals surface area contributed by atoms with Crippen molar-refractivity contribution in [1.82, 2.24) is 20.0 Å². The fourth-order valence-electron chi connectivity index (χ4n) is 4.82. The van der Waals surface area contributed by atoms with E-state index in [2.05, 4.69) is 38.5 Å². The molecular weight excluding hydrogens is 453 g/mol. The summed E-state index contributed by atoms with van der Waals surface area (Å²) in [7, 11) is 1.87. The largest absolute Gasteiger partial charge is 0.374 e. The highest BCUT2D eigenvalue weighted by atomic mass is 127. The number of aromatic nitrogens is 2. The van der Waals surface area contributed by atoms with E-state index >= 15 is 0 Å². The number of rotatable bonds is 3. The van der Waals surface area contributed by atoms with E-state index < -0.39 is 0 Å². The molecule has 4 unspecified atom stereocenters. The second kappa shape index (κ2) is 7.79. The minimum absolute atomic E-state index is 0. The van der Waals surface area contributed by atoms with E-state index in [0.29, 0.717) is 30.6 Å². The van der Waals surface area contributed by atoms with Gasteiger partial charge in [0.15, 0.2) is 5.96 Å². The van der Waals surface area contributed by atoms with Crippen LogP contribution in [0.5, 0.6) is 0 Å². The number of aliphatic imine (C=N–C) groups is 1. The van der Waals surface area contributed by atoms with Crippen LogP contribution in [0.4, 0.5) is 0 Å². The van der Waals surface area contributed by atoms with Crippen molar-refractivity contribution in [3.05, 3.63) is 48.3 Å². The summed E-state index contributed by atoms with van der Waals surface area (Å²) in [6.07, 6.45) is 5.44. The molecule has 1 aromatic carbocycles. The van der Waals surface area contributed by atoms with E-state index in [9.17, 15) is 0 Å². The lowest BCUT2D eigenvalue weighted by Crippen LogP contribution is -2.41. The van der Waals surface area contributed by atoms with Gasteiger partial charge in [-0.1, -0.05) is 18.2 Å². The lowest BCUT2D eigenvalue weighted by Gasteiger charge is -2.23. The van der Waals surface area contributed by atoms with Gasteiger partial charge in [0.25, 0.3) is 0 Å². The Hall–Kier alpha value is -1.61. The zero-order valence-electron chi connectivity index (χ0n) is 15.5. The van der Waals surface area contributed by atoms with Crippen molar-refractivity contribution in [3.63, 3.8) is 0 Å².